The summed E-state index contributed by atoms with van der Waals surface area (Å²) in [5.41, 5.74) is 9.78. The quantitative estimate of drug-likeness (QED) is 0.856. The predicted octanol–water partition coefficient (Wildman–Crippen LogP) is 3.00. The van der Waals surface area contributed by atoms with Gasteiger partial charge in [-0.15, -0.1) is 0 Å². The molecule has 1 aromatic carbocycles. The van der Waals surface area contributed by atoms with E-state index in [1.54, 1.807) is 23.5 Å². The van der Waals surface area contributed by atoms with E-state index < -0.39 is 0 Å². The minimum Gasteiger partial charge on any atom is -0.508 e. The Morgan fingerprint density at radius 1 is 1.25 bits per heavy atom. The second-order valence-electron chi connectivity index (χ2n) is 3.99. The molecule has 2 aromatic rings. The van der Waals surface area contributed by atoms with Crippen LogP contribution in [0.3, 0.4) is 0 Å². The Bertz CT molecular complexity index is 461. The molecule has 0 aliphatic heterocycles. The predicted molar refractivity (Wildman–Crippen MR) is 67.8 cm³/mol. The van der Waals surface area contributed by atoms with Gasteiger partial charge >= 0.3 is 0 Å². The minimum absolute atomic E-state index is 0.0378. The Morgan fingerprint density at radius 2 is 1.94 bits per heavy atom. The third kappa shape index (κ3) is 2.43. The number of phenolic OH excluding ortho intramolecular Hbond substituents is 1. The molecule has 0 bridgehead atoms. The van der Waals surface area contributed by atoms with Crippen LogP contribution >= 0.6 is 11.3 Å². The molecule has 1 aromatic heterocycles. The van der Waals surface area contributed by atoms with Crippen molar-refractivity contribution in [3.8, 4) is 5.75 Å². The van der Waals surface area contributed by atoms with E-state index in [0.29, 0.717) is 5.75 Å². The lowest BCUT2D eigenvalue weighted by molar-refractivity contribution is 0.475. The third-order valence-corrected chi connectivity index (χ3v) is 3.57. The highest BCUT2D eigenvalue weighted by Gasteiger charge is 2.10. The van der Waals surface area contributed by atoms with Gasteiger partial charge in [0.25, 0.3) is 0 Å². The van der Waals surface area contributed by atoms with E-state index >= 15 is 0 Å². The standard InChI is InChI=1S/C13H15NOS/c1-9-7-16-8-12(9)13(14)6-10-2-4-11(15)5-3-10/h2-5,7-8,13,15H,6,14H2,1H3. The fraction of sp³-hybridized carbons (Fsp3) is 0.231. The van der Waals surface area contributed by atoms with Crippen LogP contribution in [-0.2, 0) is 6.42 Å². The molecule has 0 saturated heterocycles. The maximum atomic E-state index is 9.19. The SMILES string of the molecule is Cc1cscc1C(N)Cc1ccc(O)cc1. The number of hydrogen-bond acceptors (Lipinski definition) is 3. The van der Waals surface area contributed by atoms with E-state index in [0.717, 1.165) is 12.0 Å². The van der Waals surface area contributed by atoms with Crippen molar-refractivity contribution >= 4 is 11.3 Å². The van der Waals surface area contributed by atoms with Gasteiger partial charge in [-0.05, 0) is 52.9 Å². The van der Waals surface area contributed by atoms with Crippen LogP contribution in [0.25, 0.3) is 0 Å². The van der Waals surface area contributed by atoms with Gasteiger partial charge in [0.15, 0.2) is 0 Å². The molecule has 0 fully saturated rings. The highest BCUT2D eigenvalue weighted by molar-refractivity contribution is 7.08. The molecule has 1 atom stereocenters. The maximum absolute atomic E-state index is 9.19. The van der Waals surface area contributed by atoms with Crippen molar-refractivity contribution < 1.29 is 5.11 Å². The molecule has 0 amide bonds. The van der Waals surface area contributed by atoms with Crippen molar-refractivity contribution in [1.29, 1.82) is 0 Å². The highest BCUT2D eigenvalue weighted by Crippen LogP contribution is 2.23. The van der Waals surface area contributed by atoms with Crippen LogP contribution in [0.1, 0.15) is 22.7 Å². The third-order valence-electron chi connectivity index (χ3n) is 2.69. The molecule has 0 aliphatic carbocycles. The zero-order valence-electron chi connectivity index (χ0n) is 9.18. The Hall–Kier alpha value is -1.32. The van der Waals surface area contributed by atoms with Gasteiger partial charge in [0, 0.05) is 6.04 Å². The van der Waals surface area contributed by atoms with Crippen molar-refractivity contribution in [2.75, 3.05) is 0 Å². The molecule has 2 nitrogen and oxygen atoms in total. The smallest absolute Gasteiger partial charge is 0.115 e. The average Bonchev–Trinajstić information content (AvgIpc) is 2.68. The topological polar surface area (TPSA) is 46.2 Å². The summed E-state index contributed by atoms with van der Waals surface area (Å²) in [5.74, 6) is 0.295. The maximum Gasteiger partial charge on any atom is 0.115 e. The van der Waals surface area contributed by atoms with Gasteiger partial charge in [0.05, 0.1) is 0 Å². The van der Waals surface area contributed by atoms with Gasteiger partial charge in [-0.25, -0.2) is 0 Å². The molecule has 3 heteroatoms. The van der Waals surface area contributed by atoms with E-state index in [1.165, 1.54) is 11.1 Å². The van der Waals surface area contributed by atoms with Crippen LogP contribution in [-0.4, -0.2) is 5.11 Å². The number of aromatic hydroxyl groups is 1. The Labute approximate surface area is 99.4 Å². The number of nitrogens with two attached hydrogens (primary N) is 1. The van der Waals surface area contributed by atoms with E-state index in [-0.39, 0.29) is 6.04 Å². The number of thiophene rings is 1. The van der Waals surface area contributed by atoms with Gasteiger partial charge < -0.3 is 10.8 Å². The molecule has 0 radical (unpaired) electrons. The Balaban J connectivity index is 2.10. The molecular formula is C13H15NOS. The van der Waals surface area contributed by atoms with Crippen molar-refractivity contribution in [2.45, 2.75) is 19.4 Å². The molecule has 84 valence electrons. The van der Waals surface area contributed by atoms with Crippen LogP contribution < -0.4 is 5.73 Å². The number of hydrogen-bond donors (Lipinski definition) is 2. The number of rotatable bonds is 3. The number of aryl methyl sites for hydroxylation is 1. The van der Waals surface area contributed by atoms with Crippen LogP contribution in [0.15, 0.2) is 35.0 Å². The summed E-state index contributed by atoms with van der Waals surface area (Å²) in [7, 11) is 0. The van der Waals surface area contributed by atoms with E-state index in [4.69, 9.17) is 5.73 Å². The lowest BCUT2D eigenvalue weighted by Gasteiger charge is -2.11. The summed E-state index contributed by atoms with van der Waals surface area (Å²) in [6.07, 6.45) is 0.803. The molecular weight excluding hydrogens is 218 g/mol. The lowest BCUT2D eigenvalue weighted by atomic mass is 9.99. The van der Waals surface area contributed by atoms with Gasteiger partial charge in [0.2, 0.25) is 0 Å². The fourth-order valence-corrected chi connectivity index (χ4v) is 2.66. The fourth-order valence-electron chi connectivity index (χ4n) is 1.75. The Kier molecular flexibility index (Phi) is 3.27. The van der Waals surface area contributed by atoms with Crippen LogP contribution in [0, 0.1) is 6.92 Å². The van der Waals surface area contributed by atoms with Crippen molar-refractivity contribution in [2.24, 2.45) is 5.73 Å². The first kappa shape index (κ1) is 11.2. The van der Waals surface area contributed by atoms with Gasteiger partial charge in [0.1, 0.15) is 5.75 Å². The summed E-state index contributed by atoms with van der Waals surface area (Å²) in [5, 5.41) is 13.4. The van der Waals surface area contributed by atoms with Crippen LogP contribution in [0.2, 0.25) is 0 Å². The first-order valence-electron chi connectivity index (χ1n) is 5.23. The molecule has 3 N–H and O–H groups in total. The van der Waals surface area contributed by atoms with Crippen molar-refractivity contribution in [3.05, 3.63) is 51.7 Å². The lowest BCUT2D eigenvalue weighted by Crippen LogP contribution is -2.13. The molecule has 1 heterocycles. The second kappa shape index (κ2) is 4.68. The monoisotopic (exact) mass is 233 g/mol. The number of benzene rings is 1. The zero-order valence-corrected chi connectivity index (χ0v) is 10.00. The van der Waals surface area contributed by atoms with Gasteiger partial charge in [-0.1, -0.05) is 12.1 Å². The molecule has 1 unspecified atom stereocenters. The van der Waals surface area contributed by atoms with Crippen LogP contribution in [0.4, 0.5) is 0 Å². The van der Waals surface area contributed by atoms with E-state index in [9.17, 15) is 5.11 Å². The summed E-state index contributed by atoms with van der Waals surface area (Å²) in [4.78, 5) is 0. The van der Waals surface area contributed by atoms with Crippen LogP contribution in [0.5, 0.6) is 5.75 Å². The van der Waals surface area contributed by atoms with E-state index in [2.05, 4.69) is 17.7 Å². The first-order chi connectivity index (χ1) is 7.66. The summed E-state index contributed by atoms with van der Waals surface area (Å²) in [6, 6.07) is 7.26. The molecule has 2 rings (SSSR count). The minimum atomic E-state index is 0.0378. The highest BCUT2D eigenvalue weighted by atomic mass is 32.1. The average molecular weight is 233 g/mol. The van der Waals surface area contributed by atoms with Crippen molar-refractivity contribution in [3.63, 3.8) is 0 Å². The summed E-state index contributed by atoms with van der Waals surface area (Å²) >= 11 is 1.69. The molecule has 0 spiro atoms. The molecule has 16 heavy (non-hydrogen) atoms. The molecule has 0 aliphatic rings. The Morgan fingerprint density at radius 3 is 2.50 bits per heavy atom. The second-order valence-corrected chi connectivity index (χ2v) is 4.73. The van der Waals surface area contributed by atoms with Gasteiger partial charge in [-0.2, -0.15) is 11.3 Å². The largest absolute Gasteiger partial charge is 0.508 e. The normalized spacial score (nSPS) is 12.6. The zero-order chi connectivity index (χ0) is 11.5. The number of phenols is 1. The van der Waals surface area contributed by atoms with Crippen molar-refractivity contribution in [1.82, 2.24) is 0 Å². The first-order valence-corrected chi connectivity index (χ1v) is 6.17. The molecule has 0 saturated carbocycles. The van der Waals surface area contributed by atoms with Gasteiger partial charge in [-0.3, -0.25) is 0 Å². The van der Waals surface area contributed by atoms with E-state index in [1.807, 2.05) is 12.1 Å². The summed E-state index contributed by atoms with van der Waals surface area (Å²) in [6.45, 7) is 2.09. The summed E-state index contributed by atoms with van der Waals surface area (Å²) < 4.78 is 0.